The van der Waals surface area contributed by atoms with Gasteiger partial charge in [-0.2, -0.15) is 0 Å². The van der Waals surface area contributed by atoms with Gasteiger partial charge in [-0.25, -0.2) is 9.37 Å². The van der Waals surface area contributed by atoms with Crippen LogP contribution in [-0.2, 0) is 5.54 Å². The Balaban J connectivity index is 1.27. The van der Waals surface area contributed by atoms with E-state index in [4.69, 9.17) is 10.7 Å². The van der Waals surface area contributed by atoms with E-state index < -0.39 is 5.54 Å². The zero-order valence-electron chi connectivity index (χ0n) is 19.8. The summed E-state index contributed by atoms with van der Waals surface area (Å²) in [5.41, 5.74) is 12.8. The third-order valence-electron chi connectivity index (χ3n) is 8.73. The van der Waals surface area contributed by atoms with Crippen LogP contribution < -0.4 is 11.1 Å². The van der Waals surface area contributed by atoms with Crippen molar-refractivity contribution in [1.82, 2.24) is 19.9 Å². The lowest BCUT2D eigenvalue weighted by atomic mass is 9.75. The lowest BCUT2D eigenvalue weighted by Gasteiger charge is -2.37. The van der Waals surface area contributed by atoms with E-state index in [1.165, 1.54) is 18.4 Å². The van der Waals surface area contributed by atoms with E-state index in [0.717, 1.165) is 64.8 Å². The van der Waals surface area contributed by atoms with Gasteiger partial charge in [0.1, 0.15) is 11.6 Å². The lowest BCUT2D eigenvalue weighted by Crippen LogP contribution is -2.44. The SMILES string of the molecule is NC1(c2ncc(-c3ccc4nc5n(c4c3)[C@@H]3C[C@H]5NC(=O)c4cccc(C5CC5)c43)cc2F)CCC1. The zero-order chi connectivity index (χ0) is 24.2. The third kappa shape index (κ3) is 2.77. The largest absolute Gasteiger partial charge is 0.342 e. The molecule has 2 saturated carbocycles. The minimum atomic E-state index is -0.633. The number of halogens is 1. The second kappa shape index (κ2) is 7.01. The fraction of sp³-hybridized carbons (Fsp3) is 0.345. The van der Waals surface area contributed by atoms with Crippen molar-refractivity contribution in [2.45, 2.75) is 62.1 Å². The first kappa shape index (κ1) is 20.6. The molecule has 0 spiro atoms. The molecule has 2 aliphatic carbocycles. The molecule has 4 aliphatic rings. The Morgan fingerprint density at radius 2 is 1.97 bits per heavy atom. The van der Waals surface area contributed by atoms with Crippen LogP contribution in [0.3, 0.4) is 0 Å². The number of hydrogen-bond donors (Lipinski definition) is 2. The average Bonchev–Trinajstić information content (AvgIpc) is 3.58. The Labute approximate surface area is 207 Å². The second-order valence-electron chi connectivity index (χ2n) is 11.0. The van der Waals surface area contributed by atoms with Crippen molar-refractivity contribution in [3.05, 3.63) is 82.7 Å². The number of benzene rings is 2. The number of nitrogens with two attached hydrogens (primary N) is 1. The maximum Gasteiger partial charge on any atom is 0.252 e. The van der Waals surface area contributed by atoms with Crippen molar-refractivity contribution in [3.63, 3.8) is 0 Å². The third-order valence-corrected chi connectivity index (χ3v) is 8.73. The predicted molar refractivity (Wildman–Crippen MR) is 134 cm³/mol. The van der Waals surface area contributed by atoms with E-state index in [0.29, 0.717) is 11.6 Å². The Hall–Kier alpha value is -3.58. The first-order valence-electron chi connectivity index (χ1n) is 12.9. The summed E-state index contributed by atoms with van der Waals surface area (Å²) < 4.78 is 17.4. The molecule has 36 heavy (non-hydrogen) atoms. The molecule has 7 heteroatoms. The van der Waals surface area contributed by atoms with Crippen LogP contribution in [0.15, 0.2) is 48.7 Å². The number of nitrogens with one attached hydrogen (secondary N) is 1. The van der Waals surface area contributed by atoms with Gasteiger partial charge in [0.05, 0.1) is 34.3 Å². The molecule has 8 rings (SSSR count). The second-order valence-corrected chi connectivity index (χ2v) is 11.0. The normalized spacial score (nSPS) is 23.6. The van der Waals surface area contributed by atoms with Crippen molar-refractivity contribution in [3.8, 4) is 11.1 Å². The predicted octanol–water partition coefficient (Wildman–Crippen LogP) is 5.23. The maximum atomic E-state index is 15.1. The van der Waals surface area contributed by atoms with Gasteiger partial charge in [0, 0.05) is 17.3 Å². The molecule has 2 bridgehead atoms. The minimum absolute atomic E-state index is 0.00947. The number of aromatic nitrogens is 3. The number of rotatable bonds is 3. The Morgan fingerprint density at radius 1 is 1.11 bits per heavy atom. The number of pyridine rings is 1. The molecule has 180 valence electrons. The standard InChI is InChI=1S/C29H26FN5O/c30-20-11-17(14-32-26(20)29(31)9-2-10-29)16-7-8-21-23(12-16)35-24-13-22(27(35)33-21)34-28(36)19-4-1-3-18(25(19)24)15-5-6-15/h1,3-4,7-8,11-12,14-15,22,24H,2,5-6,9-10,13,31H2,(H,34,36)/t22-,24-/m1/s1. The van der Waals surface area contributed by atoms with E-state index in [1.807, 2.05) is 24.3 Å². The van der Waals surface area contributed by atoms with Gasteiger partial charge in [-0.15, -0.1) is 0 Å². The lowest BCUT2D eigenvalue weighted by molar-refractivity contribution is 0.0938. The number of carbonyl (C=O) groups excluding carboxylic acids is 1. The van der Waals surface area contributed by atoms with Gasteiger partial charge in [-0.1, -0.05) is 18.2 Å². The van der Waals surface area contributed by atoms with Crippen LogP contribution in [0.2, 0.25) is 0 Å². The summed E-state index contributed by atoms with van der Waals surface area (Å²) in [6.07, 6.45) is 7.44. The smallest absolute Gasteiger partial charge is 0.252 e. The summed E-state index contributed by atoms with van der Waals surface area (Å²) in [5.74, 6) is 1.08. The number of imidazole rings is 1. The number of fused-ring (bicyclic) bond motifs is 9. The van der Waals surface area contributed by atoms with Crippen LogP contribution in [0.25, 0.3) is 22.2 Å². The summed E-state index contributed by atoms with van der Waals surface area (Å²) in [6, 6.07) is 13.7. The number of nitrogens with zero attached hydrogens (tertiary/aromatic N) is 3. The molecule has 3 N–H and O–H groups in total. The van der Waals surface area contributed by atoms with E-state index >= 15 is 4.39 Å². The molecular weight excluding hydrogens is 453 g/mol. The topological polar surface area (TPSA) is 85.8 Å². The summed E-state index contributed by atoms with van der Waals surface area (Å²) in [4.78, 5) is 22.5. The first-order valence-corrected chi connectivity index (χ1v) is 12.9. The molecule has 0 radical (unpaired) electrons. The average molecular weight is 480 g/mol. The molecule has 0 unspecified atom stereocenters. The highest BCUT2D eigenvalue weighted by molar-refractivity contribution is 5.97. The highest BCUT2D eigenvalue weighted by atomic mass is 19.1. The Bertz CT molecular complexity index is 1600. The van der Waals surface area contributed by atoms with Crippen LogP contribution in [-0.4, -0.2) is 20.4 Å². The van der Waals surface area contributed by atoms with Gasteiger partial charge >= 0.3 is 0 Å². The van der Waals surface area contributed by atoms with Gasteiger partial charge in [0.25, 0.3) is 5.91 Å². The molecule has 0 saturated heterocycles. The maximum absolute atomic E-state index is 15.1. The number of hydrogen-bond acceptors (Lipinski definition) is 4. The van der Waals surface area contributed by atoms with E-state index in [-0.39, 0.29) is 23.8 Å². The molecule has 2 atom stereocenters. The van der Waals surface area contributed by atoms with Gasteiger partial charge in [0.2, 0.25) is 0 Å². The van der Waals surface area contributed by atoms with Crippen molar-refractivity contribution in [2.24, 2.45) is 5.73 Å². The van der Waals surface area contributed by atoms with Gasteiger partial charge in [0.15, 0.2) is 0 Å². The Kier molecular flexibility index (Phi) is 4.01. The van der Waals surface area contributed by atoms with Gasteiger partial charge in [-0.3, -0.25) is 9.78 Å². The summed E-state index contributed by atoms with van der Waals surface area (Å²) in [5, 5.41) is 3.22. The van der Waals surface area contributed by atoms with Crippen LogP contribution >= 0.6 is 0 Å². The minimum Gasteiger partial charge on any atom is -0.342 e. The molecule has 2 aromatic heterocycles. The van der Waals surface area contributed by atoms with E-state index in [2.05, 4.69) is 27.0 Å². The van der Waals surface area contributed by atoms with Crippen molar-refractivity contribution >= 4 is 16.9 Å². The van der Waals surface area contributed by atoms with Crippen LogP contribution in [0.5, 0.6) is 0 Å². The van der Waals surface area contributed by atoms with Crippen molar-refractivity contribution in [2.75, 3.05) is 0 Å². The monoisotopic (exact) mass is 479 g/mol. The molecule has 1 amide bonds. The fourth-order valence-electron chi connectivity index (χ4n) is 6.56. The highest BCUT2D eigenvalue weighted by Gasteiger charge is 2.43. The molecular formula is C29H26FN5O. The molecule has 4 heterocycles. The number of amides is 1. The summed E-state index contributed by atoms with van der Waals surface area (Å²) >= 11 is 0. The van der Waals surface area contributed by atoms with Crippen LogP contribution in [0.4, 0.5) is 4.39 Å². The van der Waals surface area contributed by atoms with Gasteiger partial charge in [-0.05, 0) is 85.4 Å². The molecule has 6 nitrogen and oxygen atoms in total. The highest BCUT2D eigenvalue weighted by Crippen LogP contribution is 2.50. The molecule has 2 fully saturated rings. The first-order chi connectivity index (χ1) is 17.5. The van der Waals surface area contributed by atoms with Gasteiger partial charge < -0.3 is 15.6 Å². The quantitative estimate of drug-likeness (QED) is 0.421. The van der Waals surface area contributed by atoms with Crippen LogP contribution in [0, 0.1) is 5.82 Å². The summed E-state index contributed by atoms with van der Waals surface area (Å²) in [6.45, 7) is 0. The van der Waals surface area contributed by atoms with Crippen molar-refractivity contribution in [1.29, 1.82) is 0 Å². The molecule has 4 aromatic rings. The van der Waals surface area contributed by atoms with E-state index in [1.54, 1.807) is 12.3 Å². The Morgan fingerprint density at radius 3 is 2.72 bits per heavy atom. The molecule has 2 aliphatic heterocycles. The van der Waals surface area contributed by atoms with E-state index in [9.17, 15) is 4.79 Å². The van der Waals surface area contributed by atoms with Crippen molar-refractivity contribution < 1.29 is 9.18 Å². The fourth-order valence-corrected chi connectivity index (χ4v) is 6.56. The zero-order valence-corrected chi connectivity index (χ0v) is 19.8. The summed E-state index contributed by atoms with van der Waals surface area (Å²) in [7, 11) is 0. The number of carbonyl (C=O) groups is 1. The van der Waals surface area contributed by atoms with Crippen LogP contribution in [0.1, 0.15) is 89.5 Å². The molecule has 2 aromatic carbocycles.